The molecule has 0 saturated heterocycles. The minimum absolute atomic E-state index is 0.130. The van der Waals surface area contributed by atoms with Crippen LogP contribution in [0.5, 0.6) is 0 Å². The summed E-state index contributed by atoms with van der Waals surface area (Å²) in [5, 5.41) is 8.78. The third-order valence-corrected chi connectivity index (χ3v) is 1.82. The van der Waals surface area contributed by atoms with Crippen LogP contribution in [-0.2, 0) is 4.74 Å². The summed E-state index contributed by atoms with van der Waals surface area (Å²) in [5.74, 6) is -2.02. The van der Waals surface area contributed by atoms with Gasteiger partial charge in [0.05, 0.1) is 18.2 Å². The molecule has 0 fully saturated rings. The van der Waals surface area contributed by atoms with E-state index in [2.05, 4.69) is 4.74 Å². The number of methoxy groups -OCH3 is 1. The molecule has 0 aliphatic rings. The number of carbonyl (C=O) groups excluding carboxylic acids is 2. The number of carbonyl (C=O) groups is 3. The molecule has 1 aromatic carbocycles. The van der Waals surface area contributed by atoms with Crippen molar-refractivity contribution in [2.45, 2.75) is 0 Å². The monoisotopic (exact) mass is 208 g/mol. The maximum Gasteiger partial charge on any atom is 0.338 e. The highest BCUT2D eigenvalue weighted by Crippen LogP contribution is 2.12. The Kier molecular flexibility index (Phi) is 3.17. The van der Waals surface area contributed by atoms with Crippen LogP contribution in [-0.4, -0.2) is 30.4 Å². The number of aldehydes is 1. The second kappa shape index (κ2) is 4.36. The number of hydrogen-bond acceptors (Lipinski definition) is 4. The van der Waals surface area contributed by atoms with Crippen LogP contribution >= 0.6 is 0 Å². The van der Waals surface area contributed by atoms with Crippen LogP contribution in [0.4, 0.5) is 0 Å². The van der Waals surface area contributed by atoms with E-state index in [-0.39, 0.29) is 16.7 Å². The van der Waals surface area contributed by atoms with Gasteiger partial charge in [0.15, 0.2) is 0 Å². The molecular weight excluding hydrogens is 200 g/mol. The Balaban J connectivity index is 3.34. The van der Waals surface area contributed by atoms with E-state index < -0.39 is 11.9 Å². The lowest BCUT2D eigenvalue weighted by atomic mass is 10.0. The Bertz CT molecular complexity index is 422. The van der Waals surface area contributed by atoms with Crippen LogP contribution in [0, 0.1) is 0 Å². The van der Waals surface area contributed by atoms with Crippen molar-refractivity contribution in [3.05, 3.63) is 34.9 Å². The van der Waals surface area contributed by atoms with Crippen molar-refractivity contribution >= 4 is 18.2 Å². The number of carboxylic acid groups (broad SMARTS) is 1. The molecule has 0 bridgehead atoms. The van der Waals surface area contributed by atoms with Gasteiger partial charge in [0.2, 0.25) is 0 Å². The van der Waals surface area contributed by atoms with Crippen molar-refractivity contribution in [2.24, 2.45) is 0 Å². The van der Waals surface area contributed by atoms with Crippen molar-refractivity contribution in [1.82, 2.24) is 0 Å². The predicted octanol–water partition coefficient (Wildman–Crippen LogP) is 0.984. The first-order valence-corrected chi connectivity index (χ1v) is 4.01. The van der Waals surface area contributed by atoms with Gasteiger partial charge in [-0.05, 0) is 12.1 Å². The third kappa shape index (κ3) is 2.19. The third-order valence-electron chi connectivity index (χ3n) is 1.82. The van der Waals surface area contributed by atoms with Crippen molar-refractivity contribution in [3.8, 4) is 0 Å². The van der Waals surface area contributed by atoms with E-state index in [0.717, 1.165) is 7.11 Å². The first-order chi connectivity index (χ1) is 7.10. The molecule has 0 aliphatic heterocycles. The summed E-state index contributed by atoms with van der Waals surface area (Å²) in [4.78, 5) is 32.4. The molecule has 5 heteroatoms. The Labute approximate surface area is 85.3 Å². The highest BCUT2D eigenvalue weighted by Gasteiger charge is 2.17. The average molecular weight is 208 g/mol. The number of rotatable bonds is 3. The van der Waals surface area contributed by atoms with Crippen LogP contribution in [0.25, 0.3) is 0 Å². The van der Waals surface area contributed by atoms with E-state index in [0.29, 0.717) is 6.29 Å². The molecule has 0 spiro atoms. The lowest BCUT2D eigenvalue weighted by Crippen LogP contribution is -2.10. The molecule has 1 N–H and O–H groups in total. The molecule has 0 amide bonds. The van der Waals surface area contributed by atoms with E-state index in [9.17, 15) is 14.4 Å². The Morgan fingerprint density at radius 3 is 2.47 bits per heavy atom. The van der Waals surface area contributed by atoms with Crippen LogP contribution < -0.4 is 0 Å². The van der Waals surface area contributed by atoms with Crippen LogP contribution in [0.3, 0.4) is 0 Å². The summed E-state index contributed by atoms with van der Waals surface area (Å²) < 4.78 is 4.41. The number of benzene rings is 1. The highest BCUT2D eigenvalue weighted by atomic mass is 16.5. The topological polar surface area (TPSA) is 80.7 Å². The fourth-order valence-corrected chi connectivity index (χ4v) is 1.10. The lowest BCUT2D eigenvalue weighted by Gasteiger charge is -2.04. The van der Waals surface area contributed by atoms with Gasteiger partial charge in [-0.2, -0.15) is 0 Å². The number of esters is 1. The Hall–Kier alpha value is -2.17. The van der Waals surface area contributed by atoms with Crippen LogP contribution in [0.15, 0.2) is 18.2 Å². The van der Waals surface area contributed by atoms with Gasteiger partial charge in [-0.3, -0.25) is 4.79 Å². The van der Waals surface area contributed by atoms with Gasteiger partial charge in [-0.1, -0.05) is 6.07 Å². The maximum absolute atomic E-state index is 11.2. The van der Waals surface area contributed by atoms with Crippen LogP contribution in [0.2, 0.25) is 0 Å². The van der Waals surface area contributed by atoms with Gasteiger partial charge >= 0.3 is 11.9 Å². The average Bonchev–Trinajstić information content (AvgIpc) is 2.26. The minimum atomic E-state index is -1.24. The van der Waals surface area contributed by atoms with E-state index in [1.807, 2.05) is 0 Å². The number of hydrogen-bond donors (Lipinski definition) is 1. The van der Waals surface area contributed by atoms with Crippen LogP contribution in [0.1, 0.15) is 31.1 Å². The summed E-state index contributed by atoms with van der Waals surface area (Å²) in [6, 6.07) is 3.70. The minimum Gasteiger partial charge on any atom is -0.478 e. The Morgan fingerprint density at radius 2 is 2.00 bits per heavy atom. The van der Waals surface area contributed by atoms with E-state index in [4.69, 9.17) is 5.11 Å². The first kappa shape index (κ1) is 10.9. The highest BCUT2D eigenvalue weighted by molar-refractivity contribution is 6.03. The van der Waals surface area contributed by atoms with Gasteiger partial charge in [0.25, 0.3) is 0 Å². The first-order valence-electron chi connectivity index (χ1n) is 4.01. The largest absolute Gasteiger partial charge is 0.478 e. The van der Waals surface area contributed by atoms with E-state index in [1.54, 1.807) is 0 Å². The molecule has 0 aliphatic carbocycles. The zero-order valence-corrected chi connectivity index (χ0v) is 7.89. The van der Waals surface area contributed by atoms with Crippen molar-refractivity contribution in [3.63, 3.8) is 0 Å². The van der Waals surface area contributed by atoms with E-state index >= 15 is 0 Å². The second-order valence-corrected chi connectivity index (χ2v) is 2.72. The smallest absolute Gasteiger partial charge is 0.338 e. The molecular formula is C10H8O5. The summed E-state index contributed by atoms with van der Waals surface area (Å²) in [6.45, 7) is 0. The van der Waals surface area contributed by atoms with E-state index in [1.165, 1.54) is 18.2 Å². The molecule has 0 heterocycles. The molecule has 15 heavy (non-hydrogen) atoms. The number of carboxylic acids is 1. The van der Waals surface area contributed by atoms with Crippen molar-refractivity contribution in [2.75, 3.05) is 7.11 Å². The lowest BCUT2D eigenvalue weighted by molar-refractivity contribution is 0.0582. The fraction of sp³-hybridized carbons (Fsp3) is 0.100. The zero-order valence-electron chi connectivity index (χ0n) is 7.89. The zero-order chi connectivity index (χ0) is 11.4. The van der Waals surface area contributed by atoms with Gasteiger partial charge in [-0.25, -0.2) is 9.59 Å². The molecule has 78 valence electrons. The van der Waals surface area contributed by atoms with Gasteiger partial charge in [-0.15, -0.1) is 0 Å². The van der Waals surface area contributed by atoms with Gasteiger partial charge < -0.3 is 9.84 Å². The SMILES string of the molecule is COC(=O)c1cc(C=O)ccc1C(=O)O. The predicted molar refractivity (Wildman–Crippen MR) is 50.1 cm³/mol. The Morgan fingerprint density at radius 1 is 1.33 bits per heavy atom. The fourth-order valence-electron chi connectivity index (χ4n) is 1.10. The molecule has 0 unspecified atom stereocenters. The summed E-state index contributed by atoms with van der Waals surface area (Å²) in [5.41, 5.74) is -0.0950. The maximum atomic E-state index is 11.2. The molecule has 1 rings (SSSR count). The van der Waals surface area contributed by atoms with Gasteiger partial charge in [0.1, 0.15) is 6.29 Å². The molecule has 5 nitrogen and oxygen atoms in total. The standard InChI is InChI=1S/C10H8O5/c1-15-10(14)8-4-6(5-11)2-3-7(8)9(12)13/h2-5H,1H3,(H,12,13). The summed E-state index contributed by atoms with van der Waals surface area (Å²) in [7, 11) is 1.14. The molecule has 0 aromatic heterocycles. The van der Waals surface area contributed by atoms with Gasteiger partial charge in [0, 0.05) is 5.56 Å². The molecule has 0 radical (unpaired) electrons. The molecule has 1 aromatic rings. The number of aromatic carboxylic acids is 1. The molecule has 0 saturated carbocycles. The van der Waals surface area contributed by atoms with Crippen molar-refractivity contribution in [1.29, 1.82) is 0 Å². The summed E-state index contributed by atoms with van der Waals surface area (Å²) >= 11 is 0. The normalized spacial score (nSPS) is 9.40. The quantitative estimate of drug-likeness (QED) is 0.591. The molecule has 0 atom stereocenters. The number of ether oxygens (including phenoxy) is 1. The second-order valence-electron chi connectivity index (χ2n) is 2.72. The summed E-state index contributed by atoms with van der Waals surface area (Å²) in [6.07, 6.45) is 0.526. The van der Waals surface area contributed by atoms with Crippen molar-refractivity contribution < 1.29 is 24.2 Å².